The molecule has 1 atom stereocenters. The molecule has 4 heteroatoms. The molecule has 0 spiro atoms. The zero-order valence-corrected chi connectivity index (χ0v) is 10.7. The maximum atomic E-state index is 11.2. The highest BCUT2D eigenvalue weighted by molar-refractivity contribution is 7.10. The summed E-state index contributed by atoms with van der Waals surface area (Å²) in [5, 5.41) is 2.12. The fraction of sp³-hybridized carbons (Fsp3) is 0.583. The molecule has 1 unspecified atom stereocenters. The van der Waals surface area contributed by atoms with Gasteiger partial charge in [-0.15, -0.1) is 11.3 Å². The lowest BCUT2D eigenvalue weighted by Gasteiger charge is -2.37. The van der Waals surface area contributed by atoms with Gasteiger partial charge in [0.05, 0.1) is 0 Å². The van der Waals surface area contributed by atoms with Crippen molar-refractivity contribution in [2.24, 2.45) is 0 Å². The Kier molecular flexibility index (Phi) is 3.61. The third-order valence-corrected chi connectivity index (χ3v) is 4.30. The average Bonchev–Trinajstić information content (AvgIpc) is 2.81. The van der Waals surface area contributed by atoms with Gasteiger partial charge in [-0.25, -0.2) is 0 Å². The third-order valence-electron chi connectivity index (χ3n) is 3.26. The number of nitrogens with zero attached hydrogens (tertiary/aromatic N) is 2. The number of piperazine rings is 1. The first-order valence-electron chi connectivity index (χ1n) is 5.71. The van der Waals surface area contributed by atoms with Crippen molar-refractivity contribution in [2.45, 2.75) is 19.9 Å². The second-order valence-corrected chi connectivity index (χ2v) is 5.21. The summed E-state index contributed by atoms with van der Waals surface area (Å²) in [6.45, 7) is 7.60. The summed E-state index contributed by atoms with van der Waals surface area (Å²) in [5.74, 6) is 0.198. The van der Waals surface area contributed by atoms with Crippen LogP contribution in [-0.4, -0.2) is 41.9 Å². The van der Waals surface area contributed by atoms with E-state index in [4.69, 9.17) is 0 Å². The molecule has 0 bridgehead atoms. The van der Waals surface area contributed by atoms with Crippen molar-refractivity contribution >= 4 is 17.2 Å². The lowest BCUT2D eigenvalue weighted by molar-refractivity contribution is -0.130. The third kappa shape index (κ3) is 2.44. The van der Waals surface area contributed by atoms with Crippen LogP contribution in [0.3, 0.4) is 0 Å². The van der Waals surface area contributed by atoms with Gasteiger partial charge in [-0.2, -0.15) is 0 Å². The van der Waals surface area contributed by atoms with Gasteiger partial charge in [0.2, 0.25) is 5.91 Å². The molecule has 0 aliphatic carbocycles. The number of carbonyl (C=O) groups excluding carboxylic acids is 1. The van der Waals surface area contributed by atoms with Crippen LogP contribution in [0.4, 0.5) is 0 Å². The Morgan fingerprint density at radius 2 is 2.06 bits per heavy atom. The molecule has 88 valence electrons. The van der Waals surface area contributed by atoms with Gasteiger partial charge in [0, 0.05) is 44.0 Å². The highest BCUT2D eigenvalue weighted by Crippen LogP contribution is 2.25. The number of hydrogen-bond acceptors (Lipinski definition) is 3. The molecule has 0 aromatic carbocycles. The minimum Gasteiger partial charge on any atom is -0.340 e. The summed E-state index contributed by atoms with van der Waals surface area (Å²) < 4.78 is 0. The Balaban J connectivity index is 1.92. The van der Waals surface area contributed by atoms with Crippen molar-refractivity contribution in [1.29, 1.82) is 0 Å². The molecule has 1 aromatic rings. The molecule has 1 fully saturated rings. The molecule has 1 aliphatic rings. The molecular formula is C12H18N2OS. The zero-order chi connectivity index (χ0) is 11.5. The normalized spacial score (nSPS) is 19.8. The Hall–Kier alpha value is -0.870. The van der Waals surface area contributed by atoms with Crippen molar-refractivity contribution in [2.75, 3.05) is 26.2 Å². The Bertz CT molecular complexity index is 342. The van der Waals surface area contributed by atoms with E-state index in [1.807, 2.05) is 16.2 Å². The van der Waals surface area contributed by atoms with Gasteiger partial charge in [-0.05, 0) is 18.4 Å². The minimum atomic E-state index is 0.198. The topological polar surface area (TPSA) is 23.6 Å². The number of carbonyl (C=O) groups is 1. The van der Waals surface area contributed by atoms with E-state index < -0.39 is 0 Å². The van der Waals surface area contributed by atoms with Gasteiger partial charge in [0.25, 0.3) is 0 Å². The fourth-order valence-corrected chi connectivity index (χ4v) is 2.95. The maximum Gasteiger partial charge on any atom is 0.219 e. The Morgan fingerprint density at radius 3 is 2.56 bits per heavy atom. The molecule has 0 radical (unpaired) electrons. The summed E-state index contributed by atoms with van der Waals surface area (Å²) in [4.78, 5) is 17.0. The lowest BCUT2D eigenvalue weighted by atomic mass is 10.2. The van der Waals surface area contributed by atoms with Crippen LogP contribution in [0.15, 0.2) is 17.5 Å². The average molecular weight is 238 g/mol. The molecule has 16 heavy (non-hydrogen) atoms. The number of thiophene rings is 1. The molecule has 2 rings (SSSR count). The Morgan fingerprint density at radius 1 is 1.38 bits per heavy atom. The van der Waals surface area contributed by atoms with Crippen molar-refractivity contribution < 1.29 is 4.79 Å². The van der Waals surface area contributed by atoms with E-state index in [9.17, 15) is 4.79 Å². The van der Waals surface area contributed by atoms with E-state index in [1.165, 1.54) is 4.88 Å². The molecule has 0 N–H and O–H groups in total. The molecular weight excluding hydrogens is 220 g/mol. The van der Waals surface area contributed by atoms with E-state index >= 15 is 0 Å². The minimum absolute atomic E-state index is 0.198. The van der Waals surface area contributed by atoms with Crippen molar-refractivity contribution in [3.8, 4) is 0 Å². The second-order valence-electron chi connectivity index (χ2n) is 4.23. The highest BCUT2D eigenvalue weighted by atomic mass is 32.1. The van der Waals surface area contributed by atoms with Gasteiger partial charge in [0.1, 0.15) is 0 Å². The van der Waals surface area contributed by atoms with Crippen molar-refractivity contribution in [1.82, 2.24) is 9.80 Å². The van der Waals surface area contributed by atoms with Gasteiger partial charge in [-0.3, -0.25) is 9.69 Å². The highest BCUT2D eigenvalue weighted by Gasteiger charge is 2.23. The number of amides is 1. The predicted molar refractivity (Wildman–Crippen MR) is 66.6 cm³/mol. The van der Waals surface area contributed by atoms with E-state index in [1.54, 1.807) is 6.92 Å². The summed E-state index contributed by atoms with van der Waals surface area (Å²) in [7, 11) is 0. The van der Waals surface area contributed by atoms with Crippen LogP contribution in [0.5, 0.6) is 0 Å². The molecule has 1 saturated heterocycles. The first-order valence-corrected chi connectivity index (χ1v) is 6.59. The summed E-state index contributed by atoms with van der Waals surface area (Å²) in [6.07, 6.45) is 0. The maximum absolute atomic E-state index is 11.2. The van der Waals surface area contributed by atoms with Crippen LogP contribution < -0.4 is 0 Å². The molecule has 1 amide bonds. The van der Waals surface area contributed by atoms with E-state index in [2.05, 4.69) is 29.3 Å². The van der Waals surface area contributed by atoms with Crippen molar-refractivity contribution in [3.05, 3.63) is 22.4 Å². The van der Waals surface area contributed by atoms with Crippen LogP contribution in [-0.2, 0) is 4.79 Å². The monoisotopic (exact) mass is 238 g/mol. The van der Waals surface area contributed by atoms with Gasteiger partial charge in [-0.1, -0.05) is 6.07 Å². The largest absolute Gasteiger partial charge is 0.340 e. The van der Waals surface area contributed by atoms with Crippen LogP contribution in [0.25, 0.3) is 0 Å². The smallest absolute Gasteiger partial charge is 0.219 e. The number of hydrogen-bond donors (Lipinski definition) is 0. The van der Waals surface area contributed by atoms with Gasteiger partial charge in [0.15, 0.2) is 0 Å². The van der Waals surface area contributed by atoms with Crippen LogP contribution in [0.2, 0.25) is 0 Å². The van der Waals surface area contributed by atoms with E-state index in [0.29, 0.717) is 6.04 Å². The molecule has 0 saturated carbocycles. The molecule has 2 heterocycles. The van der Waals surface area contributed by atoms with Gasteiger partial charge >= 0.3 is 0 Å². The summed E-state index contributed by atoms with van der Waals surface area (Å²) in [5.41, 5.74) is 0. The van der Waals surface area contributed by atoms with Crippen LogP contribution in [0.1, 0.15) is 24.8 Å². The van der Waals surface area contributed by atoms with E-state index in [0.717, 1.165) is 26.2 Å². The first-order chi connectivity index (χ1) is 7.68. The summed E-state index contributed by atoms with van der Waals surface area (Å²) >= 11 is 1.81. The Labute approximate surface area is 101 Å². The standard InChI is InChI=1S/C12H18N2OS/c1-10(12-4-3-9-16-12)13-5-7-14(8-6-13)11(2)15/h3-4,9-10H,5-8H2,1-2H3. The second kappa shape index (κ2) is 4.97. The quantitative estimate of drug-likeness (QED) is 0.786. The number of rotatable bonds is 2. The van der Waals surface area contributed by atoms with E-state index in [-0.39, 0.29) is 5.91 Å². The zero-order valence-electron chi connectivity index (χ0n) is 9.85. The summed E-state index contributed by atoms with van der Waals surface area (Å²) in [6, 6.07) is 4.77. The van der Waals surface area contributed by atoms with Gasteiger partial charge < -0.3 is 4.90 Å². The van der Waals surface area contributed by atoms with Crippen LogP contribution >= 0.6 is 11.3 Å². The van der Waals surface area contributed by atoms with Crippen LogP contribution in [0, 0.1) is 0 Å². The molecule has 1 aromatic heterocycles. The fourth-order valence-electron chi connectivity index (χ4n) is 2.13. The predicted octanol–water partition coefficient (Wildman–Crippen LogP) is 1.97. The molecule has 3 nitrogen and oxygen atoms in total. The SMILES string of the molecule is CC(=O)N1CCN(C(C)c2cccs2)CC1. The lowest BCUT2D eigenvalue weighted by Crippen LogP contribution is -2.48. The molecule has 1 aliphatic heterocycles. The first kappa shape index (κ1) is 11.6. The van der Waals surface area contributed by atoms with Crippen molar-refractivity contribution in [3.63, 3.8) is 0 Å².